The lowest BCUT2D eigenvalue weighted by molar-refractivity contribution is 0.214. The molecule has 1 fully saturated rings. The zero-order valence-corrected chi connectivity index (χ0v) is 13.4. The van der Waals surface area contributed by atoms with E-state index in [1.807, 2.05) is 0 Å². The molecule has 0 bridgehead atoms. The van der Waals surface area contributed by atoms with Gasteiger partial charge in [-0.25, -0.2) is 0 Å². The normalized spacial score (nSPS) is 24.4. The maximum absolute atomic E-state index is 6.10. The highest BCUT2D eigenvalue weighted by Crippen LogP contribution is 2.29. The van der Waals surface area contributed by atoms with E-state index in [0.717, 1.165) is 44.6 Å². The topological polar surface area (TPSA) is 44.9 Å². The second-order valence-corrected chi connectivity index (χ2v) is 6.31. The summed E-state index contributed by atoms with van der Waals surface area (Å²) in [7, 11) is 0. The number of nitrogens with two attached hydrogens (primary N) is 1. The van der Waals surface area contributed by atoms with Crippen molar-refractivity contribution < 1.29 is 0 Å². The highest BCUT2D eigenvalue weighted by molar-refractivity contribution is 5.80. The van der Waals surface area contributed by atoms with Gasteiger partial charge in [0.2, 0.25) is 0 Å². The first kappa shape index (κ1) is 15.6. The highest BCUT2D eigenvalue weighted by Gasteiger charge is 2.28. The number of rotatable bonds is 7. The van der Waals surface area contributed by atoms with E-state index in [1.165, 1.54) is 38.5 Å². The van der Waals surface area contributed by atoms with Crippen molar-refractivity contribution in [1.82, 2.24) is 9.80 Å². The summed E-state index contributed by atoms with van der Waals surface area (Å²) in [5.74, 6) is 1.68. The van der Waals surface area contributed by atoms with Crippen molar-refractivity contribution in [3.8, 4) is 0 Å². The van der Waals surface area contributed by atoms with Crippen LogP contribution in [0.1, 0.15) is 52.4 Å². The Morgan fingerprint density at radius 3 is 2.55 bits per heavy atom. The molecule has 0 aromatic heterocycles. The average molecular weight is 280 g/mol. The van der Waals surface area contributed by atoms with Crippen LogP contribution in [-0.4, -0.2) is 54.5 Å². The number of hydrogen-bond donors (Lipinski definition) is 1. The molecule has 1 aliphatic carbocycles. The van der Waals surface area contributed by atoms with Crippen molar-refractivity contribution in [1.29, 1.82) is 0 Å². The minimum atomic E-state index is 0.564. The van der Waals surface area contributed by atoms with E-state index in [1.54, 1.807) is 0 Å². The van der Waals surface area contributed by atoms with E-state index in [0.29, 0.717) is 6.04 Å². The Morgan fingerprint density at radius 2 is 1.90 bits per heavy atom. The molecule has 1 unspecified atom stereocenters. The third kappa shape index (κ3) is 4.11. The van der Waals surface area contributed by atoms with Gasteiger partial charge in [0.15, 0.2) is 5.96 Å². The Morgan fingerprint density at radius 1 is 1.20 bits per heavy atom. The standard InChI is InChI=1S/C16H32N4/c1-3-19(4-2)10-11-20-15(13-18-16(20)17)12-14-8-6-5-7-9-14/h14-15H,3-13H2,1-2H3,(H2,17,18). The van der Waals surface area contributed by atoms with Gasteiger partial charge in [0, 0.05) is 13.1 Å². The van der Waals surface area contributed by atoms with E-state index in [-0.39, 0.29) is 0 Å². The Hall–Kier alpha value is -0.770. The second kappa shape index (κ2) is 7.87. The van der Waals surface area contributed by atoms with Crippen LogP contribution in [0.4, 0.5) is 0 Å². The molecule has 4 nitrogen and oxygen atoms in total. The monoisotopic (exact) mass is 280 g/mol. The fourth-order valence-electron chi connectivity index (χ4n) is 3.67. The molecule has 0 radical (unpaired) electrons. The summed E-state index contributed by atoms with van der Waals surface area (Å²) < 4.78 is 0. The fourth-order valence-corrected chi connectivity index (χ4v) is 3.67. The lowest BCUT2D eigenvalue weighted by Crippen LogP contribution is -2.45. The van der Waals surface area contributed by atoms with Gasteiger partial charge in [-0.15, -0.1) is 0 Å². The Bertz CT molecular complexity index is 306. The molecule has 1 saturated carbocycles. The van der Waals surface area contributed by atoms with Crippen LogP contribution in [0.15, 0.2) is 4.99 Å². The zero-order valence-electron chi connectivity index (χ0n) is 13.4. The Balaban J connectivity index is 1.82. The predicted octanol–water partition coefficient (Wildman–Crippen LogP) is 2.30. The van der Waals surface area contributed by atoms with Crippen LogP contribution in [0.3, 0.4) is 0 Å². The number of guanidine groups is 1. The molecule has 0 aromatic carbocycles. The minimum Gasteiger partial charge on any atom is -0.370 e. The summed E-state index contributed by atoms with van der Waals surface area (Å²) in [5.41, 5.74) is 6.10. The molecular formula is C16H32N4. The minimum absolute atomic E-state index is 0.564. The van der Waals surface area contributed by atoms with Crippen LogP contribution < -0.4 is 5.73 Å². The summed E-state index contributed by atoms with van der Waals surface area (Å²) in [6.07, 6.45) is 8.41. The van der Waals surface area contributed by atoms with Crippen LogP contribution in [0.2, 0.25) is 0 Å². The van der Waals surface area contributed by atoms with Gasteiger partial charge < -0.3 is 15.5 Å². The van der Waals surface area contributed by atoms with Crippen LogP contribution in [-0.2, 0) is 0 Å². The maximum atomic E-state index is 6.10. The first-order valence-corrected chi connectivity index (χ1v) is 8.53. The summed E-state index contributed by atoms with van der Waals surface area (Å²) in [6, 6.07) is 0.564. The van der Waals surface area contributed by atoms with Gasteiger partial charge >= 0.3 is 0 Å². The van der Waals surface area contributed by atoms with Gasteiger partial charge in [0.05, 0.1) is 12.6 Å². The van der Waals surface area contributed by atoms with E-state index in [9.17, 15) is 0 Å². The van der Waals surface area contributed by atoms with Crippen molar-refractivity contribution in [2.45, 2.75) is 58.4 Å². The van der Waals surface area contributed by atoms with Gasteiger partial charge in [-0.1, -0.05) is 46.0 Å². The van der Waals surface area contributed by atoms with Crippen LogP contribution >= 0.6 is 0 Å². The van der Waals surface area contributed by atoms with Crippen molar-refractivity contribution >= 4 is 5.96 Å². The van der Waals surface area contributed by atoms with E-state index < -0.39 is 0 Å². The molecule has 4 heteroatoms. The third-order valence-corrected chi connectivity index (χ3v) is 5.08. The molecule has 2 aliphatic rings. The number of likely N-dealkylation sites (N-methyl/N-ethyl adjacent to an activating group) is 1. The van der Waals surface area contributed by atoms with Gasteiger partial charge in [-0.3, -0.25) is 4.99 Å². The molecule has 116 valence electrons. The zero-order chi connectivity index (χ0) is 14.4. The number of nitrogens with zero attached hydrogens (tertiary/aromatic N) is 3. The van der Waals surface area contributed by atoms with Crippen LogP contribution in [0, 0.1) is 5.92 Å². The van der Waals surface area contributed by atoms with Crippen molar-refractivity contribution in [2.24, 2.45) is 16.6 Å². The lowest BCUT2D eigenvalue weighted by Gasteiger charge is -2.32. The molecule has 20 heavy (non-hydrogen) atoms. The fraction of sp³-hybridized carbons (Fsp3) is 0.938. The Labute approximate surface area is 124 Å². The SMILES string of the molecule is CCN(CC)CCN1C(N)=NCC1CC1CCCCC1. The van der Waals surface area contributed by atoms with Crippen molar-refractivity contribution in [3.05, 3.63) is 0 Å². The smallest absolute Gasteiger partial charge is 0.191 e. The summed E-state index contributed by atoms with van der Waals surface area (Å²) in [4.78, 5) is 9.33. The molecule has 2 rings (SSSR count). The van der Waals surface area contributed by atoms with Gasteiger partial charge in [-0.2, -0.15) is 0 Å². The van der Waals surface area contributed by atoms with Gasteiger partial charge in [0.1, 0.15) is 0 Å². The van der Waals surface area contributed by atoms with Crippen molar-refractivity contribution in [3.63, 3.8) is 0 Å². The van der Waals surface area contributed by atoms with Gasteiger partial charge in [-0.05, 0) is 25.4 Å². The van der Waals surface area contributed by atoms with E-state index in [4.69, 9.17) is 5.73 Å². The van der Waals surface area contributed by atoms with E-state index >= 15 is 0 Å². The molecular weight excluding hydrogens is 248 g/mol. The van der Waals surface area contributed by atoms with Crippen molar-refractivity contribution in [2.75, 3.05) is 32.7 Å². The average Bonchev–Trinajstić information content (AvgIpc) is 2.82. The van der Waals surface area contributed by atoms with Gasteiger partial charge in [0.25, 0.3) is 0 Å². The number of aliphatic imine (C=N–C) groups is 1. The Kier molecular flexibility index (Phi) is 6.14. The summed E-state index contributed by atoms with van der Waals surface area (Å²) in [6.45, 7) is 9.75. The molecule has 0 saturated heterocycles. The highest BCUT2D eigenvalue weighted by atomic mass is 15.3. The first-order chi connectivity index (χ1) is 9.74. The lowest BCUT2D eigenvalue weighted by atomic mass is 9.84. The summed E-state index contributed by atoms with van der Waals surface area (Å²) in [5, 5.41) is 0. The van der Waals surface area contributed by atoms with E-state index in [2.05, 4.69) is 28.6 Å². The quantitative estimate of drug-likeness (QED) is 0.778. The molecule has 0 spiro atoms. The van der Waals surface area contributed by atoms with Crippen LogP contribution in [0.5, 0.6) is 0 Å². The maximum Gasteiger partial charge on any atom is 0.191 e. The van der Waals surface area contributed by atoms with Crippen LogP contribution in [0.25, 0.3) is 0 Å². The third-order valence-electron chi connectivity index (χ3n) is 5.08. The molecule has 1 aliphatic heterocycles. The second-order valence-electron chi connectivity index (χ2n) is 6.31. The molecule has 1 atom stereocenters. The molecule has 0 amide bonds. The largest absolute Gasteiger partial charge is 0.370 e. The summed E-state index contributed by atoms with van der Waals surface area (Å²) >= 11 is 0. The first-order valence-electron chi connectivity index (χ1n) is 8.53. The molecule has 2 N–H and O–H groups in total. The predicted molar refractivity (Wildman–Crippen MR) is 86.0 cm³/mol. The number of hydrogen-bond acceptors (Lipinski definition) is 4. The molecule has 1 heterocycles. The molecule has 0 aromatic rings.